The van der Waals surface area contributed by atoms with Crippen LogP contribution in [0.2, 0.25) is 0 Å². The number of anilines is 2. The molecule has 2 N–H and O–H groups in total. The molecule has 0 saturated heterocycles. The second-order valence-corrected chi connectivity index (χ2v) is 12.2. The molecule has 0 aliphatic rings. The van der Waals surface area contributed by atoms with Crippen molar-refractivity contribution in [2.75, 3.05) is 16.6 Å². The first-order valence-electron chi connectivity index (χ1n) is 11.9. The normalized spacial score (nSPS) is 11.3. The first kappa shape index (κ1) is 26.5. The first-order chi connectivity index (χ1) is 18.8. The number of thiazole rings is 1. The topological polar surface area (TPSA) is 114 Å². The van der Waals surface area contributed by atoms with Crippen LogP contribution in [0.3, 0.4) is 0 Å². The van der Waals surface area contributed by atoms with Gasteiger partial charge in [-0.25, -0.2) is 18.2 Å². The van der Waals surface area contributed by atoms with Gasteiger partial charge in [-0.3, -0.25) is 9.52 Å². The van der Waals surface area contributed by atoms with E-state index in [0.717, 1.165) is 21.6 Å². The maximum absolute atomic E-state index is 13.4. The van der Waals surface area contributed by atoms with Crippen molar-refractivity contribution in [3.05, 3.63) is 94.9 Å². The van der Waals surface area contributed by atoms with Gasteiger partial charge in [0.25, 0.3) is 15.9 Å². The highest BCUT2D eigenvalue weighted by Gasteiger charge is 2.26. The van der Waals surface area contributed by atoms with Crippen molar-refractivity contribution in [3.63, 3.8) is 0 Å². The van der Waals surface area contributed by atoms with E-state index in [9.17, 15) is 18.0 Å². The zero-order valence-electron chi connectivity index (χ0n) is 20.9. The van der Waals surface area contributed by atoms with Gasteiger partial charge in [-0.2, -0.15) is 0 Å². The van der Waals surface area contributed by atoms with Crippen molar-refractivity contribution >= 4 is 65.5 Å². The van der Waals surface area contributed by atoms with Crippen molar-refractivity contribution in [1.29, 1.82) is 0 Å². The number of nitrogens with one attached hydrogen (secondary N) is 2. The van der Waals surface area contributed by atoms with Gasteiger partial charge in [-0.05, 0) is 61.9 Å². The third-order valence-corrected chi connectivity index (χ3v) is 9.41. The van der Waals surface area contributed by atoms with Gasteiger partial charge < -0.3 is 10.1 Å². The summed E-state index contributed by atoms with van der Waals surface area (Å²) in [7, 11) is -3.83. The van der Waals surface area contributed by atoms with E-state index in [1.54, 1.807) is 50.2 Å². The Hall–Kier alpha value is -4.06. The molecule has 8 nitrogen and oxygen atoms in total. The number of hydrogen-bond acceptors (Lipinski definition) is 8. The summed E-state index contributed by atoms with van der Waals surface area (Å²) in [5, 5.41) is 4.03. The monoisotopic (exact) mass is 577 g/mol. The predicted octanol–water partition coefficient (Wildman–Crippen LogP) is 6.56. The maximum atomic E-state index is 13.4. The molecule has 1 amide bonds. The average Bonchev–Trinajstić information content (AvgIpc) is 3.49. The van der Waals surface area contributed by atoms with E-state index in [1.807, 2.05) is 24.3 Å². The quantitative estimate of drug-likeness (QED) is 0.202. The van der Waals surface area contributed by atoms with Crippen LogP contribution in [0.15, 0.2) is 83.8 Å². The van der Waals surface area contributed by atoms with Crippen molar-refractivity contribution in [2.45, 2.75) is 18.7 Å². The van der Waals surface area contributed by atoms with E-state index in [0.29, 0.717) is 26.0 Å². The molecule has 11 heteroatoms. The van der Waals surface area contributed by atoms with Crippen molar-refractivity contribution in [2.24, 2.45) is 0 Å². The minimum atomic E-state index is -3.83. The van der Waals surface area contributed by atoms with Gasteiger partial charge in [0, 0.05) is 16.8 Å². The molecule has 0 saturated carbocycles. The molecule has 198 valence electrons. The number of amides is 1. The summed E-state index contributed by atoms with van der Waals surface area (Å²) in [6.45, 7) is 3.76. The standard InChI is InChI=1S/C28H23N3O5S3/c1-3-36-28(33)24-17(2)23(26-29-21-14-7-8-15-22(21)37-26)27(38-24)30-25(32)18-10-9-11-19(16-18)31-39(34,35)20-12-5-4-6-13-20/h4-16,31H,3H2,1-2H3,(H,30,32). The molecule has 5 aromatic rings. The Balaban J connectivity index is 1.48. The highest BCUT2D eigenvalue weighted by molar-refractivity contribution is 7.92. The summed E-state index contributed by atoms with van der Waals surface area (Å²) in [6.07, 6.45) is 0. The third-order valence-electron chi connectivity index (χ3n) is 5.77. The molecule has 0 aliphatic heterocycles. The largest absolute Gasteiger partial charge is 0.462 e. The van der Waals surface area contributed by atoms with Gasteiger partial charge in [-0.15, -0.1) is 22.7 Å². The third kappa shape index (κ3) is 5.56. The number of ether oxygens (including phenoxy) is 1. The van der Waals surface area contributed by atoms with E-state index in [2.05, 4.69) is 10.0 Å². The van der Waals surface area contributed by atoms with Crippen molar-refractivity contribution in [1.82, 2.24) is 4.98 Å². The summed E-state index contributed by atoms with van der Waals surface area (Å²) < 4.78 is 34.2. The zero-order chi connectivity index (χ0) is 27.6. The molecule has 0 unspecified atom stereocenters. The highest BCUT2D eigenvalue weighted by atomic mass is 32.2. The number of thiophene rings is 1. The molecular weight excluding hydrogens is 555 g/mol. The Kier molecular flexibility index (Phi) is 7.47. The van der Waals surface area contributed by atoms with Gasteiger partial charge >= 0.3 is 5.97 Å². The number of carbonyl (C=O) groups is 2. The summed E-state index contributed by atoms with van der Waals surface area (Å²) >= 11 is 2.58. The van der Waals surface area contributed by atoms with E-state index in [1.165, 1.54) is 29.5 Å². The number of esters is 1. The fourth-order valence-electron chi connectivity index (χ4n) is 3.94. The molecule has 0 radical (unpaired) electrons. The molecule has 0 atom stereocenters. The zero-order valence-corrected chi connectivity index (χ0v) is 23.4. The van der Waals surface area contributed by atoms with Crippen LogP contribution in [0.1, 0.15) is 32.5 Å². The van der Waals surface area contributed by atoms with E-state index < -0.39 is 21.9 Å². The Labute approximate surface area is 233 Å². The van der Waals surface area contributed by atoms with Crippen molar-refractivity contribution < 1.29 is 22.7 Å². The second-order valence-electron chi connectivity index (χ2n) is 8.42. The molecule has 2 heterocycles. The van der Waals surface area contributed by atoms with Crippen LogP contribution in [0.5, 0.6) is 0 Å². The number of aromatic nitrogens is 1. The Morgan fingerprint density at radius 2 is 1.69 bits per heavy atom. The lowest BCUT2D eigenvalue weighted by Crippen LogP contribution is -2.15. The number of fused-ring (bicyclic) bond motifs is 1. The van der Waals surface area contributed by atoms with E-state index in [-0.39, 0.29) is 22.8 Å². The number of sulfonamides is 1. The first-order valence-corrected chi connectivity index (χ1v) is 15.0. The van der Waals surface area contributed by atoms with Crippen LogP contribution in [0.4, 0.5) is 10.7 Å². The highest BCUT2D eigenvalue weighted by Crippen LogP contribution is 2.43. The van der Waals surface area contributed by atoms with Crippen molar-refractivity contribution in [3.8, 4) is 10.6 Å². The van der Waals surface area contributed by atoms with Gasteiger partial charge in [-0.1, -0.05) is 36.4 Å². The van der Waals surface area contributed by atoms with Crippen LogP contribution < -0.4 is 10.0 Å². The van der Waals surface area contributed by atoms with E-state index >= 15 is 0 Å². The molecular formula is C28H23N3O5S3. The molecule has 3 aromatic carbocycles. The smallest absolute Gasteiger partial charge is 0.348 e. The fourth-order valence-corrected chi connectivity index (χ4v) is 7.25. The number of rotatable bonds is 8. The minimum absolute atomic E-state index is 0.112. The molecule has 5 rings (SSSR count). The van der Waals surface area contributed by atoms with Crippen LogP contribution in [-0.2, 0) is 14.8 Å². The minimum Gasteiger partial charge on any atom is -0.462 e. The van der Waals surface area contributed by atoms with Gasteiger partial charge in [0.15, 0.2) is 0 Å². The van der Waals surface area contributed by atoms with Gasteiger partial charge in [0.2, 0.25) is 0 Å². The number of carbonyl (C=O) groups excluding carboxylic acids is 2. The maximum Gasteiger partial charge on any atom is 0.348 e. The van der Waals surface area contributed by atoms with Crippen LogP contribution in [0.25, 0.3) is 20.8 Å². The molecule has 2 aromatic heterocycles. The number of para-hydroxylation sites is 1. The molecule has 0 bridgehead atoms. The summed E-state index contributed by atoms with van der Waals surface area (Å²) in [5.74, 6) is -0.935. The Morgan fingerprint density at radius 3 is 2.44 bits per heavy atom. The molecule has 0 fully saturated rings. The summed E-state index contributed by atoms with van der Waals surface area (Å²) in [6, 6.07) is 21.9. The fraction of sp³-hybridized carbons (Fsp3) is 0.107. The number of nitrogens with zero attached hydrogens (tertiary/aromatic N) is 1. The lowest BCUT2D eigenvalue weighted by molar-refractivity contribution is 0.0531. The van der Waals surface area contributed by atoms with E-state index in [4.69, 9.17) is 9.72 Å². The predicted molar refractivity (Wildman–Crippen MR) is 155 cm³/mol. The Morgan fingerprint density at radius 1 is 0.949 bits per heavy atom. The average molecular weight is 578 g/mol. The van der Waals surface area contributed by atoms with Gasteiger partial charge in [0.05, 0.1) is 21.7 Å². The molecule has 0 spiro atoms. The van der Waals surface area contributed by atoms with Crippen LogP contribution in [0, 0.1) is 6.92 Å². The number of hydrogen-bond donors (Lipinski definition) is 2. The van der Waals surface area contributed by atoms with Crippen LogP contribution in [-0.4, -0.2) is 31.9 Å². The lowest BCUT2D eigenvalue weighted by atomic mass is 10.1. The molecule has 0 aliphatic carbocycles. The van der Waals surface area contributed by atoms with Crippen LogP contribution >= 0.6 is 22.7 Å². The SMILES string of the molecule is CCOC(=O)c1sc(NC(=O)c2cccc(NS(=O)(=O)c3ccccc3)c2)c(-c2nc3ccccc3s2)c1C. The second kappa shape index (κ2) is 11.0. The summed E-state index contributed by atoms with van der Waals surface area (Å²) in [5.41, 5.74) is 2.61. The number of benzene rings is 3. The molecule has 39 heavy (non-hydrogen) atoms. The summed E-state index contributed by atoms with van der Waals surface area (Å²) in [4.78, 5) is 31.3. The Bertz CT molecular complexity index is 1760. The lowest BCUT2D eigenvalue weighted by Gasteiger charge is -2.10. The van der Waals surface area contributed by atoms with Gasteiger partial charge in [0.1, 0.15) is 14.9 Å².